The van der Waals surface area contributed by atoms with Crippen molar-refractivity contribution >= 4 is 18.0 Å². The van der Waals surface area contributed by atoms with Gasteiger partial charge in [0.1, 0.15) is 5.75 Å². The molecule has 1 aromatic rings. The smallest absolute Gasteiger partial charge is 0.328 e. The predicted molar refractivity (Wildman–Crippen MR) is 75.9 cm³/mol. The molecule has 0 aliphatic heterocycles. The molecule has 0 aliphatic carbocycles. The van der Waals surface area contributed by atoms with Crippen LogP contribution in [0.2, 0.25) is 0 Å². The molecule has 114 valence electrons. The van der Waals surface area contributed by atoms with Crippen molar-refractivity contribution in [3.05, 3.63) is 30.1 Å². The van der Waals surface area contributed by atoms with Crippen molar-refractivity contribution in [2.45, 2.75) is 13.0 Å². The molecule has 0 bridgehead atoms. The van der Waals surface area contributed by atoms with Crippen LogP contribution < -0.4 is 10.1 Å². The molecule has 0 saturated carbocycles. The van der Waals surface area contributed by atoms with E-state index in [0.717, 1.165) is 6.08 Å². The van der Waals surface area contributed by atoms with E-state index in [1.165, 1.54) is 12.3 Å². The van der Waals surface area contributed by atoms with Crippen LogP contribution >= 0.6 is 0 Å². The number of pyridine rings is 1. The fraction of sp³-hybridized carbons (Fsp3) is 0.357. The molecule has 1 unspecified atom stereocenters. The molecular weight excluding hydrogens is 276 g/mol. The maximum Gasteiger partial charge on any atom is 0.328 e. The first kappa shape index (κ1) is 16.6. The Kier molecular flexibility index (Phi) is 6.90. The zero-order chi connectivity index (χ0) is 15.7. The van der Waals surface area contributed by atoms with Crippen molar-refractivity contribution in [2.75, 3.05) is 20.3 Å². The first-order valence-electron chi connectivity index (χ1n) is 6.33. The van der Waals surface area contributed by atoms with Crippen LogP contribution in [0.5, 0.6) is 5.75 Å². The van der Waals surface area contributed by atoms with E-state index in [0.29, 0.717) is 24.6 Å². The van der Waals surface area contributed by atoms with E-state index >= 15 is 0 Å². The Morgan fingerprint density at radius 2 is 2.24 bits per heavy atom. The number of aliphatic carboxylic acids is 1. The SMILES string of the molecule is COCCNC(=O)C(C)Oc1ccc(C=CC(=O)O)nc1. The van der Waals surface area contributed by atoms with Crippen LogP contribution in [0.1, 0.15) is 12.6 Å². The highest BCUT2D eigenvalue weighted by Gasteiger charge is 2.13. The molecule has 7 nitrogen and oxygen atoms in total. The molecule has 0 spiro atoms. The highest BCUT2D eigenvalue weighted by atomic mass is 16.5. The van der Waals surface area contributed by atoms with Crippen LogP contribution in [-0.2, 0) is 14.3 Å². The van der Waals surface area contributed by atoms with Gasteiger partial charge < -0.3 is 19.9 Å². The standard InChI is InChI=1S/C14H18N2O5/c1-10(14(19)15-7-8-20-2)21-12-5-3-11(16-9-12)4-6-13(17)18/h3-6,9-10H,7-8H2,1-2H3,(H,15,19)(H,17,18). The number of methoxy groups -OCH3 is 1. The van der Waals surface area contributed by atoms with Gasteiger partial charge in [-0.2, -0.15) is 0 Å². The maximum atomic E-state index is 11.7. The minimum atomic E-state index is -1.04. The van der Waals surface area contributed by atoms with Crippen LogP contribution in [0.3, 0.4) is 0 Å². The van der Waals surface area contributed by atoms with E-state index in [4.69, 9.17) is 14.6 Å². The summed E-state index contributed by atoms with van der Waals surface area (Å²) in [7, 11) is 1.55. The fourth-order valence-corrected chi connectivity index (χ4v) is 1.39. The number of amides is 1. The topological polar surface area (TPSA) is 97.8 Å². The maximum absolute atomic E-state index is 11.7. The Morgan fingerprint density at radius 3 is 2.81 bits per heavy atom. The highest BCUT2D eigenvalue weighted by molar-refractivity contribution is 5.84. The number of ether oxygens (including phenoxy) is 2. The predicted octanol–water partition coefficient (Wildman–Crippen LogP) is 0.709. The van der Waals surface area contributed by atoms with Gasteiger partial charge >= 0.3 is 5.97 Å². The lowest BCUT2D eigenvalue weighted by Gasteiger charge is -2.14. The minimum absolute atomic E-state index is 0.248. The van der Waals surface area contributed by atoms with E-state index in [-0.39, 0.29) is 5.91 Å². The summed E-state index contributed by atoms with van der Waals surface area (Å²) in [6, 6.07) is 3.22. The number of hydrogen-bond acceptors (Lipinski definition) is 5. The molecule has 21 heavy (non-hydrogen) atoms. The number of hydrogen-bond donors (Lipinski definition) is 2. The summed E-state index contributed by atoms with van der Waals surface area (Å²) >= 11 is 0. The molecule has 7 heteroatoms. The van der Waals surface area contributed by atoms with Crippen molar-refractivity contribution in [3.63, 3.8) is 0 Å². The lowest BCUT2D eigenvalue weighted by molar-refractivity contribution is -0.131. The molecule has 2 N–H and O–H groups in total. The van der Waals surface area contributed by atoms with Gasteiger partial charge in [0.05, 0.1) is 18.5 Å². The summed E-state index contributed by atoms with van der Waals surface area (Å²) in [5.74, 6) is -0.864. The van der Waals surface area contributed by atoms with Crippen molar-refractivity contribution in [2.24, 2.45) is 0 Å². The second-order valence-electron chi connectivity index (χ2n) is 4.13. The molecule has 1 rings (SSSR count). The number of nitrogens with one attached hydrogen (secondary N) is 1. The number of rotatable bonds is 8. The third kappa shape index (κ3) is 6.53. The van der Waals surface area contributed by atoms with Crippen LogP contribution in [0.15, 0.2) is 24.4 Å². The second kappa shape index (κ2) is 8.70. The van der Waals surface area contributed by atoms with E-state index in [1.807, 2.05) is 0 Å². The van der Waals surface area contributed by atoms with Gasteiger partial charge in [0.2, 0.25) is 0 Å². The largest absolute Gasteiger partial charge is 0.479 e. The van der Waals surface area contributed by atoms with Crippen LogP contribution in [0.4, 0.5) is 0 Å². The second-order valence-corrected chi connectivity index (χ2v) is 4.13. The fourth-order valence-electron chi connectivity index (χ4n) is 1.39. The molecule has 1 atom stereocenters. The van der Waals surface area contributed by atoms with Gasteiger partial charge in [-0.3, -0.25) is 9.78 Å². The number of nitrogens with zero attached hydrogens (tertiary/aromatic N) is 1. The minimum Gasteiger partial charge on any atom is -0.479 e. The number of carbonyl (C=O) groups excluding carboxylic acids is 1. The first-order chi connectivity index (χ1) is 10.0. The van der Waals surface area contributed by atoms with Gasteiger partial charge in [-0.15, -0.1) is 0 Å². The average molecular weight is 294 g/mol. The van der Waals surface area contributed by atoms with Gasteiger partial charge in [-0.1, -0.05) is 0 Å². The van der Waals surface area contributed by atoms with Gasteiger partial charge in [-0.25, -0.2) is 4.79 Å². The summed E-state index contributed by atoms with van der Waals surface area (Å²) in [6.45, 7) is 2.48. The molecule has 1 amide bonds. The lowest BCUT2D eigenvalue weighted by atomic mass is 10.3. The lowest BCUT2D eigenvalue weighted by Crippen LogP contribution is -2.37. The monoisotopic (exact) mass is 294 g/mol. The number of carboxylic acid groups (broad SMARTS) is 1. The third-order valence-corrected chi connectivity index (χ3v) is 2.44. The van der Waals surface area contributed by atoms with Crippen LogP contribution in [0.25, 0.3) is 6.08 Å². The zero-order valence-corrected chi connectivity index (χ0v) is 11.9. The summed E-state index contributed by atoms with van der Waals surface area (Å²) in [5, 5.41) is 11.2. The Bertz CT molecular complexity index is 499. The zero-order valence-electron chi connectivity index (χ0n) is 11.9. The van der Waals surface area contributed by atoms with E-state index in [9.17, 15) is 9.59 Å². The van der Waals surface area contributed by atoms with Gasteiger partial charge in [0.15, 0.2) is 6.10 Å². The number of aromatic nitrogens is 1. The molecule has 1 aromatic heterocycles. The molecule has 0 aliphatic rings. The third-order valence-electron chi connectivity index (χ3n) is 2.44. The Morgan fingerprint density at radius 1 is 1.48 bits per heavy atom. The number of carbonyl (C=O) groups is 2. The molecule has 0 aromatic carbocycles. The van der Waals surface area contributed by atoms with Gasteiger partial charge in [0, 0.05) is 19.7 Å². The van der Waals surface area contributed by atoms with E-state index < -0.39 is 12.1 Å². The molecule has 0 fully saturated rings. The normalized spacial score (nSPS) is 12.1. The highest BCUT2D eigenvalue weighted by Crippen LogP contribution is 2.12. The summed E-state index contributed by atoms with van der Waals surface area (Å²) < 4.78 is 10.3. The van der Waals surface area contributed by atoms with Gasteiger partial charge in [-0.05, 0) is 25.1 Å². The molecule has 0 saturated heterocycles. The Hall–Kier alpha value is -2.41. The van der Waals surface area contributed by atoms with Crippen molar-refractivity contribution in [1.29, 1.82) is 0 Å². The quantitative estimate of drug-likeness (QED) is 0.541. The van der Waals surface area contributed by atoms with Crippen LogP contribution in [0, 0.1) is 0 Å². The molecule has 1 heterocycles. The van der Waals surface area contributed by atoms with Crippen molar-refractivity contribution in [3.8, 4) is 5.75 Å². The average Bonchev–Trinajstić information content (AvgIpc) is 2.46. The van der Waals surface area contributed by atoms with Crippen molar-refractivity contribution in [1.82, 2.24) is 10.3 Å². The van der Waals surface area contributed by atoms with Gasteiger partial charge in [0.25, 0.3) is 5.91 Å². The molecule has 0 radical (unpaired) electrons. The Labute approximate surface area is 122 Å². The Balaban J connectivity index is 2.51. The number of carboxylic acids is 1. The van der Waals surface area contributed by atoms with Crippen molar-refractivity contribution < 1.29 is 24.2 Å². The van der Waals surface area contributed by atoms with Crippen LogP contribution in [-0.4, -0.2) is 48.3 Å². The summed E-state index contributed by atoms with van der Waals surface area (Å²) in [6.07, 6.45) is 3.13. The van der Waals surface area contributed by atoms with E-state index in [1.54, 1.807) is 26.2 Å². The summed E-state index contributed by atoms with van der Waals surface area (Å²) in [5.41, 5.74) is 0.488. The van der Waals surface area contributed by atoms with E-state index in [2.05, 4.69) is 10.3 Å². The molecular formula is C14H18N2O5. The first-order valence-corrected chi connectivity index (χ1v) is 6.33. The summed E-state index contributed by atoms with van der Waals surface area (Å²) in [4.78, 5) is 26.1.